The molecule has 20 heavy (non-hydrogen) atoms. The van der Waals surface area contributed by atoms with Crippen LogP contribution in [-0.2, 0) is 11.3 Å². The first-order chi connectivity index (χ1) is 9.69. The van der Waals surface area contributed by atoms with E-state index in [1.165, 1.54) is 0 Å². The topological polar surface area (TPSA) is 56.3 Å². The minimum absolute atomic E-state index is 0.478. The number of para-hydroxylation sites is 1. The van der Waals surface area contributed by atoms with Crippen LogP contribution in [0.3, 0.4) is 0 Å². The highest BCUT2D eigenvalue weighted by molar-refractivity contribution is 5.54. The van der Waals surface area contributed by atoms with Gasteiger partial charge in [-0.3, -0.25) is 0 Å². The molecule has 0 aliphatic heterocycles. The van der Waals surface area contributed by atoms with E-state index in [2.05, 4.69) is 10.00 Å². The van der Waals surface area contributed by atoms with Crippen molar-refractivity contribution in [3.63, 3.8) is 0 Å². The number of likely N-dealkylation sites (N-methyl/N-ethyl adjacent to an activating group) is 1. The van der Waals surface area contributed by atoms with Crippen molar-refractivity contribution >= 4 is 5.82 Å². The number of nitrogens with two attached hydrogens (primary N) is 1. The van der Waals surface area contributed by atoms with E-state index in [1.807, 2.05) is 49.0 Å². The minimum Gasteiger partial charge on any atom is -0.383 e. The predicted octanol–water partition coefficient (Wildman–Crippen LogP) is 1.72. The monoisotopic (exact) mass is 274 g/mol. The number of benzene rings is 1. The normalized spacial score (nSPS) is 10.8. The number of anilines is 1. The summed E-state index contributed by atoms with van der Waals surface area (Å²) in [5, 5.41) is 4.64. The molecule has 0 saturated heterocycles. The van der Waals surface area contributed by atoms with Gasteiger partial charge >= 0.3 is 0 Å². The summed E-state index contributed by atoms with van der Waals surface area (Å²) in [4.78, 5) is 2.14. The molecule has 5 nitrogen and oxygen atoms in total. The molecular weight excluding hydrogens is 252 g/mol. The lowest BCUT2D eigenvalue weighted by atomic mass is 10.2. The summed E-state index contributed by atoms with van der Waals surface area (Å²) in [6.45, 7) is 3.93. The van der Waals surface area contributed by atoms with Crippen molar-refractivity contribution in [2.45, 2.75) is 13.5 Å². The van der Waals surface area contributed by atoms with Gasteiger partial charge in [-0.05, 0) is 19.1 Å². The second kappa shape index (κ2) is 6.54. The first kappa shape index (κ1) is 14.6. The average Bonchev–Trinajstić information content (AvgIpc) is 2.82. The molecule has 1 aromatic carbocycles. The number of hydrogen-bond donors (Lipinski definition) is 1. The van der Waals surface area contributed by atoms with Crippen LogP contribution in [0.5, 0.6) is 0 Å². The largest absolute Gasteiger partial charge is 0.383 e. The zero-order valence-electron chi connectivity index (χ0n) is 12.3. The van der Waals surface area contributed by atoms with Gasteiger partial charge in [0.15, 0.2) is 0 Å². The van der Waals surface area contributed by atoms with E-state index in [4.69, 9.17) is 10.5 Å². The maximum absolute atomic E-state index is 5.90. The molecule has 0 fully saturated rings. The molecule has 0 bridgehead atoms. The van der Waals surface area contributed by atoms with Crippen LogP contribution in [-0.4, -0.2) is 37.1 Å². The molecule has 2 rings (SSSR count). The zero-order chi connectivity index (χ0) is 14.5. The molecule has 0 atom stereocenters. The van der Waals surface area contributed by atoms with Crippen LogP contribution in [0.2, 0.25) is 0 Å². The number of hydrogen-bond acceptors (Lipinski definition) is 4. The van der Waals surface area contributed by atoms with E-state index in [1.54, 1.807) is 7.11 Å². The quantitative estimate of drug-likeness (QED) is 0.871. The van der Waals surface area contributed by atoms with Gasteiger partial charge in [-0.1, -0.05) is 18.2 Å². The van der Waals surface area contributed by atoms with E-state index in [9.17, 15) is 0 Å². The Morgan fingerprint density at radius 2 is 2.00 bits per heavy atom. The molecule has 0 amide bonds. The van der Waals surface area contributed by atoms with Gasteiger partial charge in [0.05, 0.1) is 18.0 Å². The molecule has 0 saturated carbocycles. The van der Waals surface area contributed by atoms with E-state index < -0.39 is 0 Å². The lowest BCUT2D eigenvalue weighted by Crippen LogP contribution is -2.26. The van der Waals surface area contributed by atoms with Gasteiger partial charge in [0.25, 0.3) is 0 Å². The van der Waals surface area contributed by atoms with Crippen LogP contribution in [0.1, 0.15) is 11.3 Å². The number of rotatable bonds is 6. The predicted molar refractivity (Wildman–Crippen MR) is 81.3 cm³/mol. The summed E-state index contributed by atoms with van der Waals surface area (Å²) in [6.07, 6.45) is 0. The van der Waals surface area contributed by atoms with Crippen LogP contribution < -0.4 is 10.6 Å². The standard InChI is InChI=1S/C15H22N4O/c1-12-14(11-16)15(18(2)9-10-20-3)19(17-12)13-7-5-4-6-8-13/h4-8H,9-11,16H2,1-3H3. The molecule has 1 heterocycles. The van der Waals surface area contributed by atoms with Crippen molar-refractivity contribution in [2.75, 3.05) is 32.2 Å². The molecule has 0 radical (unpaired) electrons. The fourth-order valence-corrected chi connectivity index (χ4v) is 2.26. The Labute approximate surface area is 119 Å². The average molecular weight is 274 g/mol. The second-order valence-corrected chi connectivity index (χ2v) is 4.75. The van der Waals surface area contributed by atoms with Crippen molar-refractivity contribution in [2.24, 2.45) is 5.73 Å². The van der Waals surface area contributed by atoms with E-state index >= 15 is 0 Å². The molecule has 108 valence electrons. The maximum atomic E-state index is 5.90. The number of aryl methyl sites for hydroxylation is 1. The van der Waals surface area contributed by atoms with Crippen LogP contribution >= 0.6 is 0 Å². The lowest BCUT2D eigenvalue weighted by molar-refractivity contribution is 0.206. The van der Waals surface area contributed by atoms with Gasteiger partial charge in [0.1, 0.15) is 5.82 Å². The molecular formula is C15H22N4O. The SMILES string of the molecule is COCCN(C)c1c(CN)c(C)nn1-c1ccccc1. The molecule has 2 aromatic rings. The Balaban J connectivity index is 2.46. The molecule has 5 heteroatoms. The van der Waals surface area contributed by atoms with Crippen LogP contribution in [0.4, 0.5) is 5.82 Å². The highest BCUT2D eigenvalue weighted by Crippen LogP contribution is 2.26. The fourth-order valence-electron chi connectivity index (χ4n) is 2.26. The molecule has 0 aliphatic carbocycles. The van der Waals surface area contributed by atoms with E-state index in [-0.39, 0.29) is 0 Å². The fraction of sp³-hybridized carbons (Fsp3) is 0.400. The third-order valence-corrected chi connectivity index (χ3v) is 3.35. The Kier molecular flexibility index (Phi) is 4.76. The van der Waals surface area contributed by atoms with Gasteiger partial charge in [0.2, 0.25) is 0 Å². The zero-order valence-corrected chi connectivity index (χ0v) is 12.3. The summed E-state index contributed by atoms with van der Waals surface area (Å²) in [5.41, 5.74) is 8.98. The molecule has 0 unspecified atom stereocenters. The Morgan fingerprint density at radius 3 is 2.60 bits per heavy atom. The van der Waals surface area contributed by atoms with Crippen molar-refractivity contribution in [3.8, 4) is 5.69 Å². The Morgan fingerprint density at radius 1 is 1.30 bits per heavy atom. The summed E-state index contributed by atoms with van der Waals surface area (Å²) < 4.78 is 7.11. The van der Waals surface area contributed by atoms with Crippen molar-refractivity contribution < 1.29 is 4.74 Å². The van der Waals surface area contributed by atoms with E-state index in [0.717, 1.165) is 29.3 Å². The molecule has 0 spiro atoms. The molecule has 1 aromatic heterocycles. The van der Waals surface area contributed by atoms with Gasteiger partial charge in [-0.2, -0.15) is 5.10 Å². The van der Waals surface area contributed by atoms with Crippen LogP contribution in [0.25, 0.3) is 5.69 Å². The van der Waals surface area contributed by atoms with Crippen LogP contribution in [0.15, 0.2) is 30.3 Å². The molecule has 0 aliphatic rings. The van der Waals surface area contributed by atoms with Gasteiger partial charge in [-0.25, -0.2) is 4.68 Å². The maximum Gasteiger partial charge on any atom is 0.136 e. The van der Waals surface area contributed by atoms with E-state index in [0.29, 0.717) is 13.2 Å². The van der Waals surface area contributed by atoms with Crippen molar-refractivity contribution in [1.29, 1.82) is 0 Å². The van der Waals surface area contributed by atoms with Gasteiger partial charge < -0.3 is 15.4 Å². The number of methoxy groups -OCH3 is 1. The second-order valence-electron chi connectivity index (χ2n) is 4.75. The summed E-state index contributed by atoms with van der Waals surface area (Å²) in [7, 11) is 3.74. The van der Waals surface area contributed by atoms with Crippen molar-refractivity contribution in [1.82, 2.24) is 9.78 Å². The highest BCUT2D eigenvalue weighted by Gasteiger charge is 2.18. The first-order valence-electron chi connectivity index (χ1n) is 6.73. The first-order valence-corrected chi connectivity index (χ1v) is 6.73. The Hall–Kier alpha value is -1.85. The number of ether oxygens (including phenoxy) is 1. The van der Waals surface area contributed by atoms with Crippen molar-refractivity contribution in [3.05, 3.63) is 41.6 Å². The summed E-state index contributed by atoms with van der Waals surface area (Å²) >= 11 is 0. The van der Waals surface area contributed by atoms with Crippen LogP contribution in [0, 0.1) is 6.92 Å². The highest BCUT2D eigenvalue weighted by atomic mass is 16.5. The lowest BCUT2D eigenvalue weighted by Gasteiger charge is -2.21. The third kappa shape index (κ3) is 2.84. The van der Waals surface area contributed by atoms with Gasteiger partial charge in [-0.15, -0.1) is 0 Å². The minimum atomic E-state index is 0.478. The Bertz CT molecular complexity index is 551. The smallest absolute Gasteiger partial charge is 0.136 e. The number of nitrogens with zero attached hydrogens (tertiary/aromatic N) is 3. The third-order valence-electron chi connectivity index (χ3n) is 3.35. The summed E-state index contributed by atoms with van der Waals surface area (Å²) in [6, 6.07) is 10.1. The molecule has 2 N–H and O–H groups in total. The number of aromatic nitrogens is 2. The van der Waals surface area contributed by atoms with Gasteiger partial charge in [0, 0.05) is 32.8 Å². The summed E-state index contributed by atoms with van der Waals surface area (Å²) in [5.74, 6) is 1.04.